The molecule has 248 valence electrons. The van der Waals surface area contributed by atoms with E-state index in [2.05, 4.69) is 20.0 Å². The predicted octanol–water partition coefficient (Wildman–Crippen LogP) is 7.15. The number of hydrogen-bond acceptors (Lipinski definition) is 9. The molecule has 1 atom stereocenters. The molecule has 1 amide bonds. The van der Waals surface area contributed by atoms with Gasteiger partial charge in [-0.3, -0.25) is 4.72 Å². The Balaban J connectivity index is 1.23. The first-order valence-corrected chi connectivity index (χ1v) is 17.8. The van der Waals surface area contributed by atoms with E-state index in [1.165, 1.54) is 0 Å². The summed E-state index contributed by atoms with van der Waals surface area (Å²) in [5.74, 6) is 1.73. The Bertz CT molecular complexity index is 1870. The highest BCUT2D eigenvalue weighted by atomic mass is 32.2. The summed E-state index contributed by atoms with van der Waals surface area (Å²) in [6.07, 6.45) is 7.73. The van der Waals surface area contributed by atoms with Gasteiger partial charge in [-0.05, 0) is 89.1 Å². The van der Waals surface area contributed by atoms with Crippen LogP contribution in [0, 0.1) is 12.8 Å². The molecule has 0 spiro atoms. The van der Waals surface area contributed by atoms with Crippen LogP contribution < -0.4 is 14.8 Å². The zero-order valence-electron chi connectivity index (χ0n) is 27.3. The summed E-state index contributed by atoms with van der Waals surface area (Å²) in [5.41, 5.74) is 2.13. The lowest BCUT2D eigenvalue weighted by molar-refractivity contribution is 0.0206. The number of hydrogen-bond donors (Lipinski definition) is 2. The Morgan fingerprint density at radius 3 is 2.57 bits per heavy atom. The molecular weight excluding hydrogens is 616 g/mol. The molecule has 47 heavy (non-hydrogen) atoms. The van der Waals surface area contributed by atoms with Gasteiger partial charge in [0.25, 0.3) is 0 Å². The average Bonchev–Trinajstić information content (AvgIpc) is 3.00. The standard InChI is InChI=1S/C35H42N6O5S/c1-23-15-16-26-27(12-6-14-30(26)40-47(43,44)22-24-9-5-10-24)31(23)45-32-28(13-7-18-36-32)29-17-19-37-33(39-29)38-25-11-8-20-41(21-25)34(42)46-35(2,3)4/h6-7,12-19,24-25,40H,5,8-11,20-22H2,1-4H3,(H,37,38,39)/t25-/m0/s1. The second kappa shape index (κ2) is 13.3. The van der Waals surface area contributed by atoms with Crippen LogP contribution in [0.1, 0.15) is 58.4 Å². The van der Waals surface area contributed by atoms with E-state index in [-0.39, 0.29) is 23.8 Å². The zero-order chi connectivity index (χ0) is 33.2. The molecule has 4 aromatic rings. The van der Waals surface area contributed by atoms with Gasteiger partial charge in [0.15, 0.2) is 0 Å². The maximum absolute atomic E-state index is 12.9. The predicted molar refractivity (Wildman–Crippen MR) is 183 cm³/mol. The maximum Gasteiger partial charge on any atom is 0.410 e. The van der Waals surface area contributed by atoms with Crippen molar-refractivity contribution in [3.63, 3.8) is 0 Å². The number of anilines is 2. The van der Waals surface area contributed by atoms with Crippen molar-refractivity contribution < 1.29 is 22.7 Å². The number of pyridine rings is 1. The molecule has 1 saturated heterocycles. The van der Waals surface area contributed by atoms with Gasteiger partial charge in [-0.15, -0.1) is 0 Å². The van der Waals surface area contributed by atoms with Gasteiger partial charge in [-0.25, -0.2) is 28.2 Å². The molecule has 1 aliphatic heterocycles. The monoisotopic (exact) mass is 658 g/mol. The summed E-state index contributed by atoms with van der Waals surface area (Å²) >= 11 is 0. The van der Waals surface area contributed by atoms with Crippen molar-refractivity contribution in [3.8, 4) is 22.9 Å². The number of carbonyl (C=O) groups excluding carboxylic acids is 1. The van der Waals surface area contributed by atoms with Gasteiger partial charge in [-0.1, -0.05) is 30.7 Å². The van der Waals surface area contributed by atoms with Gasteiger partial charge in [0, 0.05) is 42.3 Å². The van der Waals surface area contributed by atoms with E-state index in [1.54, 1.807) is 29.4 Å². The van der Waals surface area contributed by atoms with Gasteiger partial charge in [0.05, 0.1) is 22.7 Å². The Hall–Kier alpha value is -4.45. The molecule has 0 bridgehead atoms. The van der Waals surface area contributed by atoms with Crippen LogP contribution in [-0.4, -0.2) is 64.8 Å². The first kappa shape index (κ1) is 32.5. The van der Waals surface area contributed by atoms with E-state index in [1.807, 2.05) is 64.1 Å². The molecule has 1 saturated carbocycles. The first-order valence-electron chi connectivity index (χ1n) is 16.2. The summed E-state index contributed by atoms with van der Waals surface area (Å²) in [6.45, 7) is 8.67. The fourth-order valence-electron chi connectivity index (χ4n) is 5.95. The van der Waals surface area contributed by atoms with E-state index in [0.29, 0.717) is 47.6 Å². The number of sulfonamides is 1. The number of aryl methyl sites for hydroxylation is 1. The molecule has 0 radical (unpaired) electrons. The Morgan fingerprint density at radius 2 is 1.81 bits per heavy atom. The van der Waals surface area contributed by atoms with Crippen LogP contribution in [0.3, 0.4) is 0 Å². The minimum Gasteiger partial charge on any atom is -0.444 e. The summed E-state index contributed by atoms with van der Waals surface area (Å²) < 4.78 is 40.8. The fraction of sp³-hybridized carbons (Fsp3) is 0.429. The van der Waals surface area contributed by atoms with Crippen molar-refractivity contribution in [2.45, 2.75) is 71.4 Å². The minimum atomic E-state index is -3.49. The largest absolute Gasteiger partial charge is 0.444 e. The summed E-state index contributed by atoms with van der Waals surface area (Å²) in [5, 5.41) is 4.90. The van der Waals surface area contributed by atoms with Crippen LogP contribution in [0.25, 0.3) is 22.0 Å². The molecule has 6 rings (SSSR count). The number of nitrogens with zero attached hydrogens (tertiary/aromatic N) is 4. The topological polar surface area (TPSA) is 136 Å². The number of carbonyl (C=O) groups is 1. The molecule has 0 unspecified atom stereocenters. The number of rotatable bonds is 9. The van der Waals surface area contributed by atoms with E-state index in [9.17, 15) is 13.2 Å². The van der Waals surface area contributed by atoms with Gasteiger partial charge < -0.3 is 19.7 Å². The van der Waals surface area contributed by atoms with Crippen molar-refractivity contribution in [1.29, 1.82) is 0 Å². The summed E-state index contributed by atoms with van der Waals surface area (Å²) in [6, 6.07) is 14.8. The van der Waals surface area contributed by atoms with Crippen molar-refractivity contribution in [2.24, 2.45) is 5.92 Å². The first-order chi connectivity index (χ1) is 22.4. The molecule has 3 heterocycles. The van der Waals surface area contributed by atoms with Crippen LogP contribution in [0.4, 0.5) is 16.4 Å². The van der Waals surface area contributed by atoms with Gasteiger partial charge in [0.1, 0.15) is 11.4 Å². The molecule has 2 N–H and O–H groups in total. The molecule has 1 aliphatic carbocycles. The average molecular weight is 659 g/mol. The number of aromatic nitrogens is 3. The SMILES string of the molecule is Cc1ccc2c(NS(=O)(=O)CC3CCC3)cccc2c1Oc1ncccc1-c1ccnc(N[C@H]2CCCN(C(=O)OC(C)(C)C)C2)n1. The van der Waals surface area contributed by atoms with E-state index >= 15 is 0 Å². The quantitative estimate of drug-likeness (QED) is 0.192. The van der Waals surface area contributed by atoms with Crippen molar-refractivity contribution in [3.05, 3.63) is 66.5 Å². The smallest absolute Gasteiger partial charge is 0.410 e. The molecule has 2 aromatic heterocycles. The Labute approximate surface area is 276 Å². The van der Waals surface area contributed by atoms with Crippen LogP contribution in [0.2, 0.25) is 0 Å². The van der Waals surface area contributed by atoms with Gasteiger partial charge >= 0.3 is 6.09 Å². The lowest BCUT2D eigenvalue weighted by atomic mass is 9.87. The van der Waals surface area contributed by atoms with Crippen LogP contribution in [-0.2, 0) is 14.8 Å². The highest BCUT2D eigenvalue weighted by Gasteiger charge is 2.28. The third-order valence-corrected chi connectivity index (χ3v) is 9.90. The zero-order valence-corrected chi connectivity index (χ0v) is 28.1. The maximum atomic E-state index is 12.9. The van der Waals surface area contributed by atoms with Crippen LogP contribution in [0.15, 0.2) is 60.9 Å². The molecule has 12 heteroatoms. The summed E-state index contributed by atoms with van der Waals surface area (Å²) in [7, 11) is -3.49. The molecular formula is C35H42N6O5S. The number of likely N-dealkylation sites (tertiary alicyclic amines) is 1. The van der Waals surface area contributed by atoms with Gasteiger partial charge in [-0.2, -0.15) is 0 Å². The van der Waals surface area contributed by atoms with Crippen LogP contribution in [0.5, 0.6) is 11.6 Å². The Morgan fingerprint density at radius 1 is 0.979 bits per heavy atom. The van der Waals surface area contributed by atoms with E-state index < -0.39 is 15.6 Å². The summed E-state index contributed by atoms with van der Waals surface area (Å²) in [4.78, 5) is 28.2. The molecule has 11 nitrogen and oxygen atoms in total. The molecule has 2 aromatic carbocycles. The number of nitrogens with one attached hydrogen (secondary N) is 2. The third kappa shape index (κ3) is 7.93. The lowest BCUT2D eigenvalue weighted by Crippen LogP contribution is -2.47. The lowest BCUT2D eigenvalue weighted by Gasteiger charge is -2.34. The number of amides is 1. The molecule has 2 fully saturated rings. The van der Waals surface area contributed by atoms with E-state index in [0.717, 1.165) is 48.4 Å². The number of benzene rings is 2. The highest BCUT2D eigenvalue weighted by molar-refractivity contribution is 7.92. The Kier molecular flexibility index (Phi) is 9.23. The second-order valence-corrected chi connectivity index (χ2v) is 15.2. The van der Waals surface area contributed by atoms with Crippen molar-refractivity contribution in [2.75, 3.05) is 28.9 Å². The van der Waals surface area contributed by atoms with Crippen molar-refractivity contribution in [1.82, 2.24) is 19.9 Å². The van der Waals surface area contributed by atoms with Crippen LogP contribution >= 0.6 is 0 Å². The number of ether oxygens (including phenoxy) is 2. The minimum absolute atomic E-state index is 0.0326. The fourth-order valence-corrected chi connectivity index (χ4v) is 7.50. The number of fused-ring (bicyclic) bond motifs is 1. The highest BCUT2D eigenvalue weighted by Crippen LogP contribution is 2.39. The second-order valence-electron chi connectivity index (χ2n) is 13.4. The third-order valence-electron chi connectivity index (χ3n) is 8.46. The molecule has 2 aliphatic rings. The van der Waals surface area contributed by atoms with E-state index in [4.69, 9.17) is 14.5 Å². The van der Waals surface area contributed by atoms with Crippen molar-refractivity contribution >= 4 is 38.5 Å². The normalized spacial score (nSPS) is 17.2. The number of piperidine rings is 1. The van der Waals surface area contributed by atoms with Gasteiger partial charge in [0.2, 0.25) is 21.9 Å².